The van der Waals surface area contributed by atoms with Gasteiger partial charge in [0.1, 0.15) is 11.5 Å². The quantitative estimate of drug-likeness (QED) is 0.261. The minimum absolute atomic E-state index is 0. The molecule has 0 saturated carbocycles. The number of allylic oxidation sites excluding steroid dienone is 9. The molecule has 0 aromatic heterocycles. The first-order valence-electron chi connectivity index (χ1n) is 19.4. The molecule has 6 heterocycles. The van der Waals surface area contributed by atoms with Crippen LogP contribution in [0.4, 0.5) is 0 Å². The first-order chi connectivity index (χ1) is 27.5. The molecule has 18 heteroatoms. The number of carbonyl (C=O) groups excluding carboxylic acids is 6. The van der Waals surface area contributed by atoms with Crippen LogP contribution in [-0.4, -0.2) is 94.5 Å². The second-order valence-electron chi connectivity index (χ2n) is 16.1. The van der Waals surface area contributed by atoms with E-state index in [2.05, 4.69) is 27.7 Å². The Morgan fingerprint density at radius 2 is 1.11 bits per heavy atom. The summed E-state index contributed by atoms with van der Waals surface area (Å²) in [6.07, 6.45) is 4.51. The fourth-order valence-corrected chi connectivity index (χ4v) is 13.0. The van der Waals surface area contributed by atoms with Crippen LogP contribution < -0.4 is 0 Å². The van der Waals surface area contributed by atoms with Gasteiger partial charge in [0.25, 0.3) is 0 Å². The van der Waals surface area contributed by atoms with Gasteiger partial charge in [0.05, 0.1) is 49.5 Å². The van der Waals surface area contributed by atoms with E-state index in [0.29, 0.717) is 34.7 Å². The van der Waals surface area contributed by atoms with Gasteiger partial charge in [-0.25, -0.2) is 16.8 Å². The molecule has 0 fully saturated rings. The normalized spacial score (nSPS) is 22.1. The van der Waals surface area contributed by atoms with Gasteiger partial charge in [-0.2, -0.15) is 0 Å². The van der Waals surface area contributed by atoms with Crippen molar-refractivity contribution in [3.63, 3.8) is 0 Å². The standard InChI is InChI=1S/2C7H10O3S.2C7H10O2S.2C7H10OS.CH4/c1-5(2)6-3-11(9,10)4-7(6)8;1-5(2)7-3-6(8)4-11(7,9)10;1-5(2)6-3-10(9)4-7(6)8;1-5(2)7-3-6(8)4-10(7)9;1-5(2)6-3-9-4-7(6)8;1-5(2)7-3-6(8)4-9-7;/h2*3,5H,4H2,1-2H3;2*3,5H,4H2,1-2H3;2*3,5H,4H2,1-2H3;1H4. The van der Waals surface area contributed by atoms with Crippen molar-refractivity contribution in [2.45, 2.75) is 90.5 Å². The molecule has 6 aliphatic heterocycles. The summed E-state index contributed by atoms with van der Waals surface area (Å²) in [5.41, 5.74) is 2.17. The molecule has 0 bridgehead atoms. The van der Waals surface area contributed by atoms with E-state index in [1.165, 1.54) is 17.1 Å². The first kappa shape index (κ1) is 58.4. The van der Waals surface area contributed by atoms with Crippen LogP contribution in [-0.2, 0) is 70.0 Å². The average Bonchev–Trinajstić information content (AvgIpc) is 3.95. The molecule has 2 atom stereocenters. The van der Waals surface area contributed by atoms with E-state index in [9.17, 15) is 54.0 Å². The molecule has 6 aliphatic rings. The van der Waals surface area contributed by atoms with E-state index in [-0.39, 0.29) is 87.9 Å². The predicted molar refractivity (Wildman–Crippen MR) is 253 cm³/mol. The number of hydrogen-bond donors (Lipinski definition) is 0. The van der Waals surface area contributed by atoms with Crippen molar-refractivity contribution < 1.29 is 54.0 Å². The molecule has 12 nitrogen and oxygen atoms in total. The Hall–Kier alpha value is -2.64. The highest BCUT2D eigenvalue weighted by Crippen LogP contribution is 2.29. The van der Waals surface area contributed by atoms with Crippen molar-refractivity contribution in [3.8, 4) is 0 Å². The van der Waals surface area contributed by atoms with E-state index in [0.717, 1.165) is 21.5 Å². The summed E-state index contributed by atoms with van der Waals surface area (Å²) < 4.78 is 65.8. The van der Waals surface area contributed by atoms with Crippen molar-refractivity contribution in [3.05, 3.63) is 65.9 Å². The van der Waals surface area contributed by atoms with Crippen LogP contribution >= 0.6 is 23.5 Å². The van der Waals surface area contributed by atoms with E-state index in [1.807, 2.05) is 47.0 Å². The Morgan fingerprint density at radius 1 is 0.557 bits per heavy atom. The summed E-state index contributed by atoms with van der Waals surface area (Å²) in [6, 6.07) is 0. The third-order valence-electron chi connectivity index (χ3n) is 8.65. The van der Waals surface area contributed by atoms with Crippen molar-refractivity contribution in [1.29, 1.82) is 0 Å². The van der Waals surface area contributed by atoms with Gasteiger partial charge in [-0.15, -0.1) is 23.5 Å². The summed E-state index contributed by atoms with van der Waals surface area (Å²) in [6.45, 7) is 23.2. The Bertz CT molecular complexity index is 2090. The molecular weight excluding hydrogens is 901 g/mol. The van der Waals surface area contributed by atoms with Crippen molar-refractivity contribution >= 4 is 99.5 Å². The highest BCUT2D eigenvalue weighted by Gasteiger charge is 2.30. The van der Waals surface area contributed by atoms with E-state index in [1.54, 1.807) is 48.9 Å². The topological polar surface area (TPSA) is 205 Å². The molecule has 0 aliphatic carbocycles. The third-order valence-corrected chi connectivity index (χ3v) is 16.8. The van der Waals surface area contributed by atoms with Gasteiger partial charge < -0.3 is 0 Å². The minimum atomic E-state index is -3.22. The number of sulfone groups is 2. The number of rotatable bonds is 6. The number of Topliss-reactive ketones (excluding diaryl/α,β-unsaturated/α-hetero) is 3. The molecule has 0 spiro atoms. The predicted octanol–water partition coefficient (Wildman–Crippen LogP) is 7.08. The van der Waals surface area contributed by atoms with Gasteiger partial charge in [-0.1, -0.05) is 90.5 Å². The van der Waals surface area contributed by atoms with Crippen LogP contribution in [0.3, 0.4) is 0 Å². The summed E-state index contributed by atoms with van der Waals surface area (Å²) in [5, 5.41) is 4.65. The number of ketones is 6. The maximum absolute atomic E-state index is 11.1. The van der Waals surface area contributed by atoms with Crippen LogP contribution in [0.25, 0.3) is 0 Å². The Kier molecular flexibility index (Phi) is 25.1. The lowest BCUT2D eigenvalue weighted by molar-refractivity contribution is -0.114. The largest absolute Gasteiger partial charge is 0.294 e. The van der Waals surface area contributed by atoms with Gasteiger partial charge in [0, 0.05) is 32.4 Å². The molecule has 0 saturated heterocycles. The number of carbonyl (C=O) groups is 6. The second-order valence-corrected chi connectivity index (χ2v) is 24.6. The molecule has 0 radical (unpaired) electrons. The molecule has 0 aromatic rings. The van der Waals surface area contributed by atoms with Gasteiger partial charge >= 0.3 is 0 Å². The van der Waals surface area contributed by atoms with Crippen molar-refractivity contribution in [2.24, 2.45) is 35.5 Å². The zero-order valence-electron chi connectivity index (χ0n) is 36.5. The highest BCUT2D eigenvalue weighted by molar-refractivity contribution is 8.04. The summed E-state index contributed by atoms with van der Waals surface area (Å²) in [4.78, 5) is 67.3. The number of thioether (sulfide) groups is 2. The van der Waals surface area contributed by atoms with Crippen molar-refractivity contribution in [1.82, 2.24) is 0 Å². The molecule has 61 heavy (non-hydrogen) atoms. The third kappa shape index (κ3) is 20.2. The fraction of sp³-hybridized carbons (Fsp3) is 0.581. The minimum Gasteiger partial charge on any atom is -0.294 e. The Labute approximate surface area is 377 Å². The maximum Gasteiger partial charge on any atom is 0.182 e. The molecule has 344 valence electrons. The zero-order valence-corrected chi connectivity index (χ0v) is 41.4. The first-order valence-corrected chi connectivity index (χ1v) is 27.5. The van der Waals surface area contributed by atoms with E-state index in [4.69, 9.17) is 0 Å². The monoisotopic (exact) mass is 964 g/mol. The van der Waals surface area contributed by atoms with Gasteiger partial charge in [0.15, 0.2) is 54.4 Å². The lowest BCUT2D eigenvalue weighted by Crippen LogP contribution is -2.09. The summed E-state index contributed by atoms with van der Waals surface area (Å²) >= 11 is 3.28. The molecule has 6 rings (SSSR count). The molecule has 0 aromatic carbocycles. The maximum atomic E-state index is 11.1. The van der Waals surface area contributed by atoms with Crippen LogP contribution in [0.5, 0.6) is 0 Å². The van der Waals surface area contributed by atoms with E-state index >= 15 is 0 Å². The lowest BCUT2D eigenvalue weighted by atomic mass is 10.0. The number of hydrogen-bond acceptors (Lipinski definition) is 14. The molecule has 2 unspecified atom stereocenters. The Morgan fingerprint density at radius 3 is 1.31 bits per heavy atom. The highest BCUT2D eigenvalue weighted by atomic mass is 32.2. The molecular formula is C43H64O12S6. The summed E-state index contributed by atoms with van der Waals surface area (Å²) in [7, 11) is -8.45. The summed E-state index contributed by atoms with van der Waals surface area (Å²) in [5.74, 6) is 2.48. The zero-order chi connectivity index (χ0) is 46.4. The molecule has 0 N–H and O–H groups in total. The van der Waals surface area contributed by atoms with Gasteiger partial charge in [0.2, 0.25) is 0 Å². The van der Waals surface area contributed by atoms with E-state index < -0.39 is 41.3 Å². The van der Waals surface area contributed by atoms with Gasteiger partial charge in [-0.3, -0.25) is 37.2 Å². The fourth-order valence-electron chi connectivity index (χ4n) is 5.48. The van der Waals surface area contributed by atoms with Gasteiger partial charge in [-0.05, 0) is 64.0 Å². The smallest absolute Gasteiger partial charge is 0.182 e. The lowest BCUT2D eigenvalue weighted by Gasteiger charge is -2.03. The van der Waals surface area contributed by atoms with Crippen LogP contribution in [0.15, 0.2) is 65.9 Å². The average molecular weight is 965 g/mol. The van der Waals surface area contributed by atoms with Crippen LogP contribution in [0.1, 0.15) is 90.5 Å². The SMILES string of the molecule is C.CC(C)C1=CC(=O)CS1.CC(C)C1=CC(=O)CS1(=O)=O.CC(C)C1=CC(=O)CS1=O.CC(C)C1=CS(=O)(=O)CC1=O.CC(C)C1=CS(=O)CC1=O.CC(C)C1=CSCC1=O. The Balaban J connectivity index is 0.000000707. The van der Waals surface area contributed by atoms with Crippen molar-refractivity contribution in [2.75, 3.05) is 34.5 Å². The van der Waals surface area contributed by atoms with Crippen LogP contribution in [0.2, 0.25) is 0 Å². The molecule has 0 amide bonds. The van der Waals surface area contributed by atoms with Crippen LogP contribution in [0, 0.1) is 35.5 Å². The second kappa shape index (κ2) is 26.2.